The van der Waals surface area contributed by atoms with Crippen molar-refractivity contribution < 1.29 is 4.74 Å². The summed E-state index contributed by atoms with van der Waals surface area (Å²) in [5.74, 6) is 0.727. The summed E-state index contributed by atoms with van der Waals surface area (Å²) >= 11 is 0. The van der Waals surface area contributed by atoms with E-state index in [1.807, 2.05) is 39.0 Å². The summed E-state index contributed by atoms with van der Waals surface area (Å²) in [6.07, 6.45) is 6.03. The average Bonchev–Trinajstić information content (AvgIpc) is 2.26. The van der Waals surface area contributed by atoms with Gasteiger partial charge in [-0.15, -0.1) is 0 Å². The minimum Gasteiger partial charge on any atom is -0.475 e. The molecule has 0 saturated heterocycles. The molecule has 3 nitrogen and oxygen atoms in total. The lowest BCUT2D eigenvalue weighted by Gasteiger charge is -2.12. The van der Waals surface area contributed by atoms with Gasteiger partial charge in [0.2, 0.25) is 5.88 Å². The van der Waals surface area contributed by atoms with Crippen LogP contribution in [0.3, 0.4) is 0 Å². The molecule has 0 amide bonds. The Labute approximate surface area is 97.5 Å². The Balaban J connectivity index is 2.56. The lowest BCUT2D eigenvalue weighted by Crippen LogP contribution is -2.15. The second kappa shape index (κ2) is 7.01. The van der Waals surface area contributed by atoms with Crippen LogP contribution in [0.4, 0.5) is 0 Å². The molecule has 0 aliphatic heterocycles. The molecule has 0 radical (unpaired) electrons. The van der Waals surface area contributed by atoms with Gasteiger partial charge in [0, 0.05) is 24.8 Å². The summed E-state index contributed by atoms with van der Waals surface area (Å²) in [6, 6.07) is 3.97. The highest BCUT2D eigenvalue weighted by Gasteiger charge is 2.05. The van der Waals surface area contributed by atoms with Gasteiger partial charge in [0.15, 0.2) is 0 Å². The largest absolute Gasteiger partial charge is 0.475 e. The molecule has 0 spiro atoms. The van der Waals surface area contributed by atoms with E-state index in [9.17, 15) is 0 Å². The van der Waals surface area contributed by atoms with Crippen molar-refractivity contribution in [2.45, 2.75) is 33.4 Å². The maximum Gasteiger partial charge on any atom is 0.218 e. The molecular formula is C13H20N2O. The van der Waals surface area contributed by atoms with Crippen LogP contribution < -0.4 is 10.1 Å². The number of pyridine rings is 1. The van der Waals surface area contributed by atoms with Crippen molar-refractivity contribution in [2.24, 2.45) is 0 Å². The first-order chi connectivity index (χ1) is 7.74. The van der Waals surface area contributed by atoms with Gasteiger partial charge >= 0.3 is 0 Å². The number of hydrogen-bond donors (Lipinski definition) is 1. The van der Waals surface area contributed by atoms with E-state index in [4.69, 9.17) is 4.74 Å². The lowest BCUT2D eigenvalue weighted by atomic mass is 10.2. The van der Waals surface area contributed by atoms with E-state index < -0.39 is 0 Å². The molecule has 1 aromatic heterocycles. The molecule has 16 heavy (non-hydrogen) atoms. The fourth-order valence-corrected chi connectivity index (χ4v) is 1.30. The lowest BCUT2D eigenvalue weighted by molar-refractivity contribution is 0.229. The monoisotopic (exact) mass is 220 g/mol. The van der Waals surface area contributed by atoms with Gasteiger partial charge in [-0.25, -0.2) is 4.98 Å². The summed E-state index contributed by atoms with van der Waals surface area (Å²) in [6.45, 7) is 7.67. The Kier molecular flexibility index (Phi) is 5.57. The Morgan fingerprint density at radius 2 is 2.31 bits per heavy atom. The van der Waals surface area contributed by atoms with E-state index in [-0.39, 0.29) is 6.10 Å². The standard InChI is InChI=1S/C13H20N2O/c1-4-5-8-14-10-12-7-6-9-15-13(12)16-11(2)3/h4-7,9,11,14H,8,10H2,1-3H3/b5-4+. The van der Waals surface area contributed by atoms with Crippen molar-refractivity contribution >= 4 is 0 Å². The maximum atomic E-state index is 5.63. The fraction of sp³-hybridized carbons (Fsp3) is 0.462. The van der Waals surface area contributed by atoms with Gasteiger partial charge in [0.25, 0.3) is 0 Å². The number of rotatable bonds is 6. The van der Waals surface area contributed by atoms with Crippen molar-refractivity contribution in [1.82, 2.24) is 10.3 Å². The highest BCUT2D eigenvalue weighted by Crippen LogP contribution is 2.15. The molecule has 88 valence electrons. The molecule has 0 saturated carbocycles. The van der Waals surface area contributed by atoms with Gasteiger partial charge in [0.1, 0.15) is 0 Å². The van der Waals surface area contributed by atoms with E-state index in [1.165, 1.54) is 0 Å². The van der Waals surface area contributed by atoms with Crippen molar-refractivity contribution in [3.8, 4) is 5.88 Å². The van der Waals surface area contributed by atoms with Crippen molar-refractivity contribution in [1.29, 1.82) is 0 Å². The molecule has 1 aromatic rings. The van der Waals surface area contributed by atoms with Crippen LogP contribution in [0.2, 0.25) is 0 Å². The number of allylic oxidation sites excluding steroid dienone is 1. The van der Waals surface area contributed by atoms with Gasteiger partial charge in [-0.05, 0) is 26.8 Å². The zero-order valence-electron chi connectivity index (χ0n) is 10.2. The summed E-state index contributed by atoms with van der Waals surface area (Å²) in [5, 5.41) is 3.31. The van der Waals surface area contributed by atoms with Crippen molar-refractivity contribution in [3.63, 3.8) is 0 Å². The normalized spacial score (nSPS) is 11.2. The van der Waals surface area contributed by atoms with Gasteiger partial charge in [-0.2, -0.15) is 0 Å². The quantitative estimate of drug-likeness (QED) is 0.591. The zero-order chi connectivity index (χ0) is 11.8. The first kappa shape index (κ1) is 12.7. The fourth-order valence-electron chi connectivity index (χ4n) is 1.30. The SMILES string of the molecule is C/C=C/CNCc1cccnc1OC(C)C. The van der Waals surface area contributed by atoms with Gasteiger partial charge in [-0.3, -0.25) is 0 Å². The van der Waals surface area contributed by atoms with Crippen LogP contribution in [0.1, 0.15) is 26.3 Å². The van der Waals surface area contributed by atoms with E-state index in [0.717, 1.165) is 24.5 Å². The minimum atomic E-state index is 0.157. The van der Waals surface area contributed by atoms with Crippen LogP contribution in [-0.2, 0) is 6.54 Å². The number of aromatic nitrogens is 1. The smallest absolute Gasteiger partial charge is 0.218 e. The van der Waals surface area contributed by atoms with Crippen LogP contribution in [0, 0.1) is 0 Å². The first-order valence-electron chi connectivity index (χ1n) is 5.66. The number of ether oxygens (including phenoxy) is 1. The molecule has 0 aromatic carbocycles. The minimum absolute atomic E-state index is 0.157. The van der Waals surface area contributed by atoms with Gasteiger partial charge in [-0.1, -0.05) is 18.2 Å². The maximum absolute atomic E-state index is 5.63. The Bertz CT molecular complexity index is 334. The molecular weight excluding hydrogens is 200 g/mol. The topological polar surface area (TPSA) is 34.2 Å². The summed E-state index contributed by atoms with van der Waals surface area (Å²) in [7, 11) is 0. The third-order valence-electron chi connectivity index (χ3n) is 2.01. The molecule has 1 rings (SSSR count). The summed E-state index contributed by atoms with van der Waals surface area (Å²) in [5.41, 5.74) is 1.10. The predicted octanol–water partition coefficient (Wildman–Crippen LogP) is 2.53. The van der Waals surface area contributed by atoms with E-state index in [0.29, 0.717) is 0 Å². The molecule has 0 atom stereocenters. The number of nitrogens with one attached hydrogen (secondary N) is 1. The van der Waals surface area contributed by atoms with Crippen molar-refractivity contribution in [3.05, 3.63) is 36.0 Å². The third kappa shape index (κ3) is 4.45. The van der Waals surface area contributed by atoms with E-state index in [2.05, 4.69) is 16.4 Å². The van der Waals surface area contributed by atoms with Gasteiger partial charge < -0.3 is 10.1 Å². The summed E-state index contributed by atoms with van der Waals surface area (Å²) in [4.78, 5) is 4.24. The van der Waals surface area contributed by atoms with Crippen LogP contribution >= 0.6 is 0 Å². The van der Waals surface area contributed by atoms with Crippen LogP contribution in [0.15, 0.2) is 30.5 Å². The number of hydrogen-bond acceptors (Lipinski definition) is 3. The molecule has 3 heteroatoms. The van der Waals surface area contributed by atoms with Crippen LogP contribution in [-0.4, -0.2) is 17.6 Å². The number of nitrogens with zero attached hydrogens (tertiary/aromatic N) is 1. The van der Waals surface area contributed by atoms with E-state index in [1.54, 1.807) is 6.20 Å². The summed E-state index contributed by atoms with van der Waals surface area (Å²) < 4.78 is 5.63. The molecule has 0 bridgehead atoms. The molecule has 1 heterocycles. The molecule has 0 aliphatic carbocycles. The predicted molar refractivity (Wildman–Crippen MR) is 66.5 cm³/mol. The van der Waals surface area contributed by atoms with E-state index >= 15 is 0 Å². The molecule has 0 fully saturated rings. The molecule has 0 unspecified atom stereocenters. The van der Waals surface area contributed by atoms with Crippen LogP contribution in [0.5, 0.6) is 5.88 Å². The Morgan fingerprint density at radius 1 is 1.50 bits per heavy atom. The third-order valence-corrected chi connectivity index (χ3v) is 2.01. The first-order valence-corrected chi connectivity index (χ1v) is 5.66. The highest BCUT2D eigenvalue weighted by molar-refractivity contribution is 5.25. The molecule has 0 aliphatic rings. The average molecular weight is 220 g/mol. The zero-order valence-corrected chi connectivity index (χ0v) is 10.2. The second-order valence-electron chi connectivity index (χ2n) is 3.83. The Morgan fingerprint density at radius 3 is 3.00 bits per heavy atom. The second-order valence-corrected chi connectivity index (χ2v) is 3.83. The van der Waals surface area contributed by atoms with Crippen LogP contribution in [0.25, 0.3) is 0 Å². The van der Waals surface area contributed by atoms with Gasteiger partial charge in [0.05, 0.1) is 6.10 Å². The molecule has 1 N–H and O–H groups in total. The Hall–Kier alpha value is -1.35. The van der Waals surface area contributed by atoms with Crippen molar-refractivity contribution in [2.75, 3.05) is 6.54 Å². The highest BCUT2D eigenvalue weighted by atomic mass is 16.5.